The fourth-order valence-electron chi connectivity index (χ4n) is 1.82. The Morgan fingerprint density at radius 1 is 1.71 bits per heavy atom. The van der Waals surface area contributed by atoms with Crippen molar-refractivity contribution in [1.29, 1.82) is 0 Å². The van der Waals surface area contributed by atoms with Gasteiger partial charge >= 0.3 is 5.97 Å². The lowest BCUT2D eigenvalue weighted by molar-refractivity contribution is -0.141. The molecule has 0 radical (unpaired) electrons. The normalized spacial score (nSPS) is 31.1. The zero-order valence-electron chi connectivity index (χ0n) is 10.3. The third kappa shape index (κ3) is 4.46. The van der Waals surface area contributed by atoms with Crippen molar-refractivity contribution in [2.45, 2.75) is 37.5 Å². The van der Waals surface area contributed by atoms with Gasteiger partial charge in [-0.05, 0) is 25.4 Å². The Balaban J connectivity index is 2.55. The van der Waals surface area contributed by atoms with Gasteiger partial charge < -0.3 is 14.9 Å². The highest BCUT2D eigenvalue weighted by Crippen LogP contribution is 2.21. The minimum Gasteiger partial charge on any atom is -0.480 e. The summed E-state index contributed by atoms with van der Waals surface area (Å²) in [6.45, 7) is 2.60. The maximum Gasteiger partial charge on any atom is 0.320 e. The molecule has 1 aliphatic heterocycles. The van der Waals surface area contributed by atoms with Crippen LogP contribution in [0.5, 0.6) is 0 Å². The van der Waals surface area contributed by atoms with E-state index in [0.29, 0.717) is 26.1 Å². The van der Waals surface area contributed by atoms with Crippen LogP contribution in [-0.2, 0) is 9.53 Å². The summed E-state index contributed by atoms with van der Waals surface area (Å²) in [5, 5.41) is 22.2. The summed E-state index contributed by atoms with van der Waals surface area (Å²) in [6.07, 6.45) is 3.02. The number of carboxylic acid groups (broad SMARTS) is 1. The minimum atomic E-state index is -0.898. The number of carbonyl (C=O) groups is 1. The first-order valence-corrected chi connectivity index (χ1v) is 7.14. The Morgan fingerprint density at radius 2 is 2.41 bits per heavy atom. The number of hydrogen-bond donors (Lipinski definition) is 3. The van der Waals surface area contributed by atoms with E-state index in [2.05, 4.69) is 5.32 Å². The molecule has 17 heavy (non-hydrogen) atoms. The molecule has 1 aliphatic rings. The molecule has 1 saturated heterocycles. The topological polar surface area (TPSA) is 78.8 Å². The lowest BCUT2D eigenvalue weighted by atomic mass is 9.91. The highest BCUT2D eigenvalue weighted by molar-refractivity contribution is 7.98. The van der Waals surface area contributed by atoms with Crippen LogP contribution < -0.4 is 5.32 Å². The van der Waals surface area contributed by atoms with Gasteiger partial charge in [0, 0.05) is 13.0 Å². The molecule has 0 saturated carbocycles. The van der Waals surface area contributed by atoms with Crippen LogP contribution in [0, 0.1) is 0 Å². The quantitative estimate of drug-likeness (QED) is 0.640. The van der Waals surface area contributed by atoms with E-state index in [1.807, 2.05) is 6.26 Å². The zero-order valence-corrected chi connectivity index (χ0v) is 11.1. The van der Waals surface area contributed by atoms with Crippen molar-refractivity contribution in [3.63, 3.8) is 0 Å². The first kappa shape index (κ1) is 14.8. The molecule has 3 unspecified atom stereocenters. The fourth-order valence-corrected chi connectivity index (χ4v) is 2.29. The third-order valence-electron chi connectivity index (χ3n) is 3.10. The lowest BCUT2D eigenvalue weighted by Crippen LogP contribution is -2.59. The SMILES string of the molecule is CSCCC(NC1COCCC1(C)O)C(=O)O. The summed E-state index contributed by atoms with van der Waals surface area (Å²) >= 11 is 1.61. The molecular weight excluding hydrogens is 242 g/mol. The molecule has 3 atom stereocenters. The van der Waals surface area contributed by atoms with Gasteiger partial charge in [0.1, 0.15) is 6.04 Å². The van der Waals surface area contributed by atoms with Crippen molar-refractivity contribution >= 4 is 17.7 Å². The van der Waals surface area contributed by atoms with Gasteiger partial charge in [0.15, 0.2) is 0 Å². The molecule has 0 aromatic rings. The number of hydrogen-bond acceptors (Lipinski definition) is 5. The van der Waals surface area contributed by atoms with Gasteiger partial charge in [0.2, 0.25) is 0 Å². The predicted octanol–water partition coefficient (Wildman–Crippen LogP) is 0.322. The van der Waals surface area contributed by atoms with E-state index >= 15 is 0 Å². The number of aliphatic hydroxyl groups is 1. The summed E-state index contributed by atoms with van der Waals surface area (Å²) < 4.78 is 5.28. The van der Waals surface area contributed by atoms with E-state index in [9.17, 15) is 9.90 Å². The number of aliphatic carboxylic acids is 1. The summed E-state index contributed by atoms with van der Waals surface area (Å²) in [4.78, 5) is 11.1. The Bertz CT molecular complexity index is 260. The molecule has 0 aromatic heterocycles. The highest BCUT2D eigenvalue weighted by atomic mass is 32.2. The molecule has 1 rings (SSSR count). The van der Waals surface area contributed by atoms with Crippen LogP contribution in [0.15, 0.2) is 0 Å². The number of nitrogens with one attached hydrogen (secondary N) is 1. The van der Waals surface area contributed by atoms with Gasteiger partial charge in [0.25, 0.3) is 0 Å². The largest absolute Gasteiger partial charge is 0.480 e. The molecule has 0 aromatic carbocycles. The first-order chi connectivity index (χ1) is 7.97. The zero-order chi connectivity index (χ0) is 12.9. The second kappa shape index (κ2) is 6.58. The smallest absolute Gasteiger partial charge is 0.320 e. The third-order valence-corrected chi connectivity index (χ3v) is 3.74. The standard InChI is InChI=1S/C11H21NO4S/c1-11(15)4-5-16-7-9(11)12-8(10(13)14)3-6-17-2/h8-9,12,15H,3-7H2,1-2H3,(H,13,14). The van der Waals surface area contributed by atoms with E-state index < -0.39 is 17.6 Å². The fraction of sp³-hybridized carbons (Fsp3) is 0.909. The average molecular weight is 263 g/mol. The number of ether oxygens (including phenoxy) is 1. The second-order valence-corrected chi connectivity index (χ2v) is 5.56. The number of carboxylic acids is 1. The summed E-state index contributed by atoms with van der Waals surface area (Å²) in [6, 6.07) is -0.945. The number of thioether (sulfide) groups is 1. The molecule has 5 nitrogen and oxygen atoms in total. The van der Waals surface area contributed by atoms with Crippen molar-refractivity contribution in [2.24, 2.45) is 0 Å². The van der Waals surface area contributed by atoms with Crippen LogP contribution in [0.3, 0.4) is 0 Å². The van der Waals surface area contributed by atoms with Crippen molar-refractivity contribution in [1.82, 2.24) is 5.32 Å². The number of rotatable bonds is 6. The van der Waals surface area contributed by atoms with E-state index in [4.69, 9.17) is 9.84 Å². The average Bonchev–Trinajstić information content (AvgIpc) is 2.25. The van der Waals surface area contributed by atoms with Gasteiger partial charge in [-0.2, -0.15) is 11.8 Å². The van der Waals surface area contributed by atoms with Crippen molar-refractivity contribution in [3.8, 4) is 0 Å². The molecule has 100 valence electrons. The van der Waals surface area contributed by atoms with Crippen LogP contribution in [-0.4, -0.2) is 59.1 Å². The van der Waals surface area contributed by atoms with E-state index in [1.54, 1.807) is 18.7 Å². The molecule has 3 N–H and O–H groups in total. The summed E-state index contributed by atoms with van der Waals surface area (Å²) in [5.74, 6) is -0.0971. The Hall–Kier alpha value is -0.300. The van der Waals surface area contributed by atoms with Gasteiger partial charge in [-0.15, -0.1) is 0 Å². The van der Waals surface area contributed by atoms with Gasteiger partial charge in [-0.25, -0.2) is 0 Å². The highest BCUT2D eigenvalue weighted by Gasteiger charge is 2.37. The monoisotopic (exact) mass is 263 g/mol. The maximum atomic E-state index is 11.1. The maximum absolute atomic E-state index is 11.1. The molecule has 1 fully saturated rings. The first-order valence-electron chi connectivity index (χ1n) is 5.75. The molecule has 0 spiro atoms. The van der Waals surface area contributed by atoms with Crippen molar-refractivity contribution in [2.75, 3.05) is 25.2 Å². The van der Waals surface area contributed by atoms with Gasteiger partial charge in [-0.1, -0.05) is 0 Å². The Kier molecular flexibility index (Phi) is 5.72. The summed E-state index contributed by atoms with van der Waals surface area (Å²) in [7, 11) is 0. The van der Waals surface area contributed by atoms with E-state index in [-0.39, 0.29) is 6.04 Å². The van der Waals surface area contributed by atoms with E-state index in [1.165, 1.54) is 0 Å². The Morgan fingerprint density at radius 3 is 2.94 bits per heavy atom. The van der Waals surface area contributed by atoms with Crippen molar-refractivity contribution in [3.05, 3.63) is 0 Å². The van der Waals surface area contributed by atoms with Crippen LogP contribution in [0.2, 0.25) is 0 Å². The van der Waals surface area contributed by atoms with Crippen LogP contribution >= 0.6 is 11.8 Å². The Labute approximate surface area is 106 Å². The van der Waals surface area contributed by atoms with Gasteiger partial charge in [-0.3, -0.25) is 10.1 Å². The van der Waals surface area contributed by atoms with Crippen LogP contribution in [0.25, 0.3) is 0 Å². The molecule has 6 heteroatoms. The summed E-state index contributed by atoms with van der Waals surface area (Å²) in [5.41, 5.74) is -0.898. The van der Waals surface area contributed by atoms with Gasteiger partial charge in [0.05, 0.1) is 18.2 Å². The van der Waals surface area contributed by atoms with Crippen LogP contribution in [0.1, 0.15) is 19.8 Å². The van der Waals surface area contributed by atoms with Crippen molar-refractivity contribution < 1.29 is 19.7 Å². The predicted molar refractivity (Wildman–Crippen MR) is 67.4 cm³/mol. The minimum absolute atomic E-state index is 0.320. The lowest BCUT2D eigenvalue weighted by Gasteiger charge is -2.38. The van der Waals surface area contributed by atoms with E-state index in [0.717, 1.165) is 5.75 Å². The molecular formula is C11H21NO4S. The molecule has 0 aliphatic carbocycles. The molecule has 1 heterocycles. The molecule has 0 bridgehead atoms. The van der Waals surface area contributed by atoms with Crippen LogP contribution in [0.4, 0.5) is 0 Å². The molecule has 0 amide bonds. The second-order valence-electron chi connectivity index (χ2n) is 4.57.